The van der Waals surface area contributed by atoms with Crippen molar-refractivity contribution in [2.75, 3.05) is 26.2 Å². The Morgan fingerprint density at radius 1 is 1.47 bits per heavy atom. The summed E-state index contributed by atoms with van der Waals surface area (Å²) in [4.78, 5) is 34.8. The molecule has 3 N–H and O–H groups in total. The van der Waals surface area contributed by atoms with E-state index in [1.165, 1.54) is 0 Å². The fourth-order valence-electron chi connectivity index (χ4n) is 1.67. The summed E-state index contributed by atoms with van der Waals surface area (Å²) in [5, 5.41) is 14.0. The Morgan fingerprint density at radius 2 is 2.18 bits per heavy atom. The highest BCUT2D eigenvalue weighted by molar-refractivity contribution is 6.04. The maximum Gasteiger partial charge on any atom is 0.325 e. The minimum absolute atomic E-state index is 0.0489. The predicted molar refractivity (Wildman–Crippen MR) is 56.9 cm³/mol. The Kier molecular flexibility index (Phi) is 3.01. The molecule has 0 aromatic carbocycles. The van der Waals surface area contributed by atoms with Gasteiger partial charge in [-0.1, -0.05) is 0 Å². The smallest absolute Gasteiger partial charge is 0.325 e. The largest absolute Gasteiger partial charge is 0.396 e. The van der Waals surface area contributed by atoms with Crippen molar-refractivity contribution in [1.29, 1.82) is 0 Å². The Labute approximate surface area is 98.2 Å². The molecule has 1 aliphatic heterocycles. The van der Waals surface area contributed by atoms with Crippen molar-refractivity contribution in [1.82, 2.24) is 15.5 Å². The molecule has 0 unspecified atom stereocenters. The van der Waals surface area contributed by atoms with E-state index in [-0.39, 0.29) is 31.0 Å². The molecule has 1 saturated heterocycles. The number of carbonyl (C=O) groups is 3. The van der Waals surface area contributed by atoms with E-state index >= 15 is 0 Å². The maximum atomic E-state index is 11.5. The van der Waals surface area contributed by atoms with Gasteiger partial charge in [0.05, 0.1) is 13.2 Å². The lowest BCUT2D eigenvalue weighted by Gasteiger charge is -2.15. The quantitative estimate of drug-likeness (QED) is 0.506. The number of hydrogen-bond donors (Lipinski definition) is 3. The van der Waals surface area contributed by atoms with Gasteiger partial charge in [-0.25, -0.2) is 4.79 Å². The molecular formula is C10H15N3O4. The number of rotatable bonds is 5. The molecule has 7 nitrogen and oxygen atoms in total. The highest BCUT2D eigenvalue weighted by atomic mass is 16.3. The number of imide groups is 1. The molecule has 1 aliphatic carbocycles. The van der Waals surface area contributed by atoms with E-state index in [9.17, 15) is 14.4 Å². The summed E-state index contributed by atoms with van der Waals surface area (Å²) in [6.07, 6.45) is 1.79. The second-order valence-electron chi connectivity index (χ2n) is 4.57. The van der Waals surface area contributed by atoms with Crippen LogP contribution in [0.2, 0.25) is 0 Å². The molecule has 0 aromatic rings. The Bertz CT molecular complexity index is 349. The highest BCUT2D eigenvalue weighted by Crippen LogP contribution is 2.44. The van der Waals surface area contributed by atoms with Gasteiger partial charge in [-0.15, -0.1) is 0 Å². The van der Waals surface area contributed by atoms with E-state index in [4.69, 9.17) is 5.11 Å². The predicted octanol–water partition coefficient (Wildman–Crippen LogP) is -1.57. The molecule has 0 aromatic heterocycles. The van der Waals surface area contributed by atoms with E-state index in [0.29, 0.717) is 6.54 Å². The Balaban J connectivity index is 1.77. The van der Waals surface area contributed by atoms with E-state index in [1.54, 1.807) is 0 Å². The zero-order chi connectivity index (χ0) is 12.5. The summed E-state index contributed by atoms with van der Waals surface area (Å²) >= 11 is 0. The average Bonchev–Trinajstić information content (AvgIpc) is 3.04. The molecule has 0 radical (unpaired) electrons. The second kappa shape index (κ2) is 4.33. The first-order valence-electron chi connectivity index (χ1n) is 5.52. The molecule has 2 fully saturated rings. The van der Waals surface area contributed by atoms with E-state index in [1.807, 2.05) is 0 Å². The SMILES string of the molecule is O=C(CN1C(=O)CNC1=O)NCC1(CO)CC1. The lowest BCUT2D eigenvalue weighted by Crippen LogP contribution is -2.42. The van der Waals surface area contributed by atoms with Crippen LogP contribution >= 0.6 is 0 Å². The lowest BCUT2D eigenvalue weighted by atomic mass is 10.1. The summed E-state index contributed by atoms with van der Waals surface area (Å²) in [5.74, 6) is -0.774. The molecular weight excluding hydrogens is 226 g/mol. The number of carbonyl (C=O) groups excluding carboxylic acids is 3. The van der Waals surface area contributed by atoms with Crippen LogP contribution in [0.5, 0.6) is 0 Å². The van der Waals surface area contributed by atoms with Gasteiger partial charge in [0.25, 0.3) is 5.91 Å². The van der Waals surface area contributed by atoms with Gasteiger partial charge >= 0.3 is 6.03 Å². The average molecular weight is 241 g/mol. The number of aliphatic hydroxyl groups is 1. The number of amides is 4. The van der Waals surface area contributed by atoms with Crippen LogP contribution in [0.25, 0.3) is 0 Å². The third-order valence-electron chi connectivity index (χ3n) is 3.19. The van der Waals surface area contributed by atoms with E-state index in [0.717, 1.165) is 17.7 Å². The van der Waals surface area contributed by atoms with Gasteiger partial charge in [-0.2, -0.15) is 0 Å². The van der Waals surface area contributed by atoms with Crippen LogP contribution in [0.1, 0.15) is 12.8 Å². The highest BCUT2D eigenvalue weighted by Gasteiger charge is 2.42. The monoisotopic (exact) mass is 241 g/mol. The van der Waals surface area contributed by atoms with Crippen LogP contribution in [-0.2, 0) is 9.59 Å². The first-order valence-corrected chi connectivity index (χ1v) is 5.52. The third-order valence-corrected chi connectivity index (χ3v) is 3.19. The van der Waals surface area contributed by atoms with Crippen LogP contribution in [0.15, 0.2) is 0 Å². The van der Waals surface area contributed by atoms with Crippen molar-refractivity contribution < 1.29 is 19.5 Å². The number of aliphatic hydroxyl groups excluding tert-OH is 1. The summed E-state index contributed by atoms with van der Waals surface area (Å²) in [6, 6.07) is -0.534. The van der Waals surface area contributed by atoms with Crippen molar-refractivity contribution in [2.45, 2.75) is 12.8 Å². The van der Waals surface area contributed by atoms with Gasteiger partial charge in [0.2, 0.25) is 5.91 Å². The molecule has 1 heterocycles. The topological polar surface area (TPSA) is 98.7 Å². The Hall–Kier alpha value is -1.63. The zero-order valence-electron chi connectivity index (χ0n) is 9.36. The van der Waals surface area contributed by atoms with Crippen LogP contribution in [0.3, 0.4) is 0 Å². The van der Waals surface area contributed by atoms with Gasteiger partial charge in [0.1, 0.15) is 6.54 Å². The second-order valence-corrected chi connectivity index (χ2v) is 4.57. The van der Waals surface area contributed by atoms with Crippen LogP contribution in [-0.4, -0.2) is 54.1 Å². The first-order chi connectivity index (χ1) is 8.06. The zero-order valence-corrected chi connectivity index (χ0v) is 9.36. The fourth-order valence-corrected chi connectivity index (χ4v) is 1.67. The number of nitrogens with one attached hydrogen (secondary N) is 2. The molecule has 7 heteroatoms. The van der Waals surface area contributed by atoms with Gasteiger partial charge < -0.3 is 15.7 Å². The van der Waals surface area contributed by atoms with Crippen LogP contribution in [0.4, 0.5) is 4.79 Å². The summed E-state index contributed by atoms with van der Waals surface area (Å²) in [7, 11) is 0. The molecule has 1 saturated carbocycles. The Morgan fingerprint density at radius 3 is 2.65 bits per heavy atom. The lowest BCUT2D eigenvalue weighted by molar-refractivity contribution is -0.130. The summed E-state index contributed by atoms with van der Waals surface area (Å²) < 4.78 is 0. The molecule has 0 spiro atoms. The van der Waals surface area contributed by atoms with Gasteiger partial charge in [-0.3, -0.25) is 14.5 Å². The van der Waals surface area contributed by atoms with Gasteiger partial charge in [0, 0.05) is 12.0 Å². The molecule has 0 bridgehead atoms. The van der Waals surface area contributed by atoms with Crippen molar-refractivity contribution in [2.24, 2.45) is 5.41 Å². The minimum atomic E-state index is -0.534. The molecule has 94 valence electrons. The summed E-state index contributed by atoms with van der Waals surface area (Å²) in [5.41, 5.74) is -0.174. The molecule has 17 heavy (non-hydrogen) atoms. The molecule has 2 aliphatic rings. The fraction of sp³-hybridized carbons (Fsp3) is 0.700. The van der Waals surface area contributed by atoms with Crippen LogP contribution < -0.4 is 10.6 Å². The van der Waals surface area contributed by atoms with Gasteiger partial charge in [-0.05, 0) is 12.8 Å². The standard InChI is InChI=1S/C10H15N3O4/c14-6-10(1-2-10)5-12-7(15)4-13-8(16)3-11-9(13)17/h14H,1-6H2,(H,11,17)(H,12,15). The van der Waals surface area contributed by atoms with Gasteiger partial charge in [0.15, 0.2) is 0 Å². The number of nitrogens with zero attached hydrogens (tertiary/aromatic N) is 1. The molecule has 4 amide bonds. The number of urea groups is 1. The van der Waals surface area contributed by atoms with Crippen molar-refractivity contribution >= 4 is 17.8 Å². The normalized spacial score (nSPS) is 21.4. The summed E-state index contributed by atoms with van der Waals surface area (Å²) in [6.45, 7) is 0.140. The third kappa shape index (κ3) is 2.55. The van der Waals surface area contributed by atoms with Crippen LogP contribution in [0, 0.1) is 5.41 Å². The van der Waals surface area contributed by atoms with Crippen molar-refractivity contribution in [3.05, 3.63) is 0 Å². The van der Waals surface area contributed by atoms with Crippen molar-refractivity contribution in [3.8, 4) is 0 Å². The molecule has 2 rings (SSSR count). The maximum absolute atomic E-state index is 11.5. The van der Waals surface area contributed by atoms with Crippen molar-refractivity contribution in [3.63, 3.8) is 0 Å². The minimum Gasteiger partial charge on any atom is -0.396 e. The van der Waals surface area contributed by atoms with E-state index < -0.39 is 11.9 Å². The first kappa shape index (κ1) is 11.8. The number of hydrogen-bond acceptors (Lipinski definition) is 4. The van der Waals surface area contributed by atoms with E-state index in [2.05, 4.69) is 10.6 Å². The molecule has 0 atom stereocenters.